The van der Waals surface area contributed by atoms with Gasteiger partial charge in [0, 0.05) is 16.6 Å². The van der Waals surface area contributed by atoms with Crippen molar-refractivity contribution in [2.45, 2.75) is 6.92 Å². The van der Waals surface area contributed by atoms with Crippen molar-refractivity contribution in [1.29, 1.82) is 0 Å². The van der Waals surface area contributed by atoms with E-state index in [-0.39, 0.29) is 0 Å². The third-order valence-corrected chi connectivity index (χ3v) is 5.40. The highest BCUT2D eigenvalue weighted by molar-refractivity contribution is 6.10. The Morgan fingerprint density at radius 1 is 0.909 bits per heavy atom. The fourth-order valence-electron chi connectivity index (χ4n) is 3.79. The molecule has 0 aliphatic carbocycles. The van der Waals surface area contributed by atoms with Gasteiger partial charge in [0.25, 0.3) is 5.91 Å². The zero-order chi connectivity index (χ0) is 22.8. The SMILES string of the molecule is Cc1ccccc1NC(=O)COC(=O)c1cccc2cccc(-c3nc4ccccc4o3)c12. The first-order valence-corrected chi connectivity index (χ1v) is 10.5. The summed E-state index contributed by atoms with van der Waals surface area (Å²) in [6.45, 7) is 1.50. The molecule has 6 nitrogen and oxygen atoms in total. The van der Waals surface area contributed by atoms with Crippen molar-refractivity contribution in [1.82, 2.24) is 4.98 Å². The third-order valence-electron chi connectivity index (χ3n) is 5.40. The molecule has 6 heteroatoms. The number of esters is 1. The van der Waals surface area contributed by atoms with Crippen molar-refractivity contribution in [3.8, 4) is 11.5 Å². The summed E-state index contributed by atoms with van der Waals surface area (Å²) in [5.74, 6) is -0.583. The average Bonchev–Trinajstić information content (AvgIpc) is 3.27. The van der Waals surface area contributed by atoms with Gasteiger partial charge >= 0.3 is 5.97 Å². The summed E-state index contributed by atoms with van der Waals surface area (Å²) in [6.07, 6.45) is 0. The number of aromatic nitrogens is 1. The minimum absolute atomic E-state index is 0.342. The number of carbonyl (C=O) groups is 2. The molecule has 33 heavy (non-hydrogen) atoms. The maximum absolute atomic E-state index is 13.0. The summed E-state index contributed by atoms with van der Waals surface area (Å²) in [6, 6.07) is 25.9. The molecule has 0 atom stereocenters. The maximum Gasteiger partial charge on any atom is 0.339 e. The summed E-state index contributed by atoms with van der Waals surface area (Å²) in [7, 11) is 0. The molecule has 1 heterocycles. The second kappa shape index (κ2) is 8.59. The lowest BCUT2D eigenvalue weighted by molar-refractivity contribution is -0.119. The highest BCUT2D eigenvalue weighted by Gasteiger charge is 2.19. The molecular formula is C27H20N2O4. The molecule has 4 aromatic carbocycles. The summed E-state index contributed by atoms with van der Waals surface area (Å²) in [5.41, 5.74) is 4.03. The molecule has 0 saturated heterocycles. The molecule has 5 rings (SSSR count). The van der Waals surface area contributed by atoms with E-state index in [4.69, 9.17) is 9.15 Å². The van der Waals surface area contributed by atoms with Gasteiger partial charge in [0.2, 0.25) is 5.89 Å². The Bertz CT molecular complexity index is 1460. The van der Waals surface area contributed by atoms with Crippen molar-refractivity contribution in [3.05, 3.63) is 96.1 Å². The first-order valence-electron chi connectivity index (χ1n) is 10.5. The highest BCUT2D eigenvalue weighted by Crippen LogP contribution is 2.33. The van der Waals surface area contributed by atoms with Gasteiger partial charge in [-0.2, -0.15) is 0 Å². The van der Waals surface area contributed by atoms with Crippen LogP contribution in [0.2, 0.25) is 0 Å². The molecule has 162 valence electrons. The van der Waals surface area contributed by atoms with Crippen LogP contribution >= 0.6 is 0 Å². The number of hydrogen-bond donors (Lipinski definition) is 1. The summed E-state index contributed by atoms with van der Waals surface area (Å²) in [4.78, 5) is 29.9. The largest absolute Gasteiger partial charge is 0.452 e. The number of aryl methyl sites for hydroxylation is 1. The van der Waals surface area contributed by atoms with E-state index < -0.39 is 18.5 Å². The van der Waals surface area contributed by atoms with Gasteiger partial charge in [-0.1, -0.05) is 54.6 Å². The minimum Gasteiger partial charge on any atom is -0.452 e. The van der Waals surface area contributed by atoms with Crippen LogP contribution in [0.1, 0.15) is 15.9 Å². The molecule has 0 aliphatic heterocycles. The number of rotatable bonds is 5. The molecule has 0 bridgehead atoms. The van der Waals surface area contributed by atoms with Gasteiger partial charge in [-0.3, -0.25) is 4.79 Å². The van der Waals surface area contributed by atoms with Crippen LogP contribution in [-0.2, 0) is 9.53 Å². The molecule has 0 unspecified atom stereocenters. The zero-order valence-corrected chi connectivity index (χ0v) is 17.9. The third kappa shape index (κ3) is 4.06. The lowest BCUT2D eigenvalue weighted by Crippen LogP contribution is -2.21. The number of ether oxygens (including phenoxy) is 1. The smallest absolute Gasteiger partial charge is 0.339 e. The Kier molecular flexibility index (Phi) is 5.32. The van der Waals surface area contributed by atoms with E-state index in [1.165, 1.54) is 0 Å². The van der Waals surface area contributed by atoms with Crippen LogP contribution < -0.4 is 5.32 Å². The molecule has 1 N–H and O–H groups in total. The quantitative estimate of drug-likeness (QED) is 0.355. The number of oxazole rings is 1. The van der Waals surface area contributed by atoms with E-state index in [9.17, 15) is 9.59 Å². The standard InChI is InChI=1S/C27H20N2O4/c1-17-8-2-3-13-21(17)28-24(30)16-32-27(31)20-12-7-10-18-9-6-11-19(25(18)20)26-29-22-14-4-5-15-23(22)33-26/h2-15H,16H2,1H3,(H,28,30). The Balaban J connectivity index is 1.44. The number of nitrogens with zero attached hydrogens (tertiary/aromatic N) is 1. The lowest BCUT2D eigenvalue weighted by Gasteiger charge is -2.11. The molecule has 1 aromatic heterocycles. The Hall–Kier alpha value is -4.45. The number of para-hydroxylation sites is 3. The van der Waals surface area contributed by atoms with E-state index in [2.05, 4.69) is 10.3 Å². The van der Waals surface area contributed by atoms with Crippen molar-refractivity contribution < 1.29 is 18.7 Å². The Morgan fingerprint density at radius 3 is 2.48 bits per heavy atom. The van der Waals surface area contributed by atoms with Gasteiger partial charge in [-0.25, -0.2) is 9.78 Å². The van der Waals surface area contributed by atoms with Gasteiger partial charge in [0.15, 0.2) is 12.2 Å². The molecule has 0 saturated carbocycles. The molecule has 0 aliphatic rings. The second-order valence-electron chi connectivity index (χ2n) is 7.64. The van der Waals surface area contributed by atoms with Gasteiger partial charge in [0.1, 0.15) is 5.52 Å². The minimum atomic E-state index is -0.593. The van der Waals surface area contributed by atoms with E-state index in [1.54, 1.807) is 18.2 Å². The monoisotopic (exact) mass is 436 g/mol. The van der Waals surface area contributed by atoms with Crippen molar-refractivity contribution in [3.63, 3.8) is 0 Å². The molecule has 0 radical (unpaired) electrons. The number of hydrogen-bond acceptors (Lipinski definition) is 5. The second-order valence-corrected chi connectivity index (χ2v) is 7.64. The Labute approximate surface area is 189 Å². The molecule has 5 aromatic rings. The molecule has 0 fully saturated rings. The summed E-state index contributed by atoms with van der Waals surface area (Å²) < 4.78 is 11.3. The number of benzene rings is 4. The van der Waals surface area contributed by atoms with E-state index in [1.807, 2.05) is 73.7 Å². The number of nitrogens with one attached hydrogen (secondary N) is 1. The number of fused-ring (bicyclic) bond motifs is 2. The van der Waals surface area contributed by atoms with Crippen LogP contribution in [0.5, 0.6) is 0 Å². The number of anilines is 1. The van der Waals surface area contributed by atoms with Crippen LogP contribution in [-0.4, -0.2) is 23.5 Å². The topological polar surface area (TPSA) is 81.4 Å². The van der Waals surface area contributed by atoms with E-state index in [0.717, 1.165) is 16.5 Å². The highest BCUT2D eigenvalue weighted by atomic mass is 16.5. The van der Waals surface area contributed by atoms with Gasteiger partial charge in [0.05, 0.1) is 5.56 Å². The van der Waals surface area contributed by atoms with Gasteiger partial charge < -0.3 is 14.5 Å². The first-order chi connectivity index (χ1) is 16.1. The first kappa shape index (κ1) is 20.5. The van der Waals surface area contributed by atoms with Gasteiger partial charge in [-0.05, 0) is 48.2 Å². The number of amides is 1. The van der Waals surface area contributed by atoms with Crippen LogP contribution in [0.25, 0.3) is 33.3 Å². The molecular weight excluding hydrogens is 416 g/mol. The average molecular weight is 436 g/mol. The van der Waals surface area contributed by atoms with Crippen molar-refractivity contribution in [2.75, 3.05) is 11.9 Å². The van der Waals surface area contributed by atoms with Crippen molar-refractivity contribution in [2.24, 2.45) is 0 Å². The van der Waals surface area contributed by atoms with Crippen LogP contribution in [0.4, 0.5) is 5.69 Å². The molecule has 0 spiro atoms. The number of carbonyl (C=O) groups excluding carboxylic acids is 2. The van der Waals surface area contributed by atoms with Crippen LogP contribution in [0.15, 0.2) is 89.3 Å². The maximum atomic E-state index is 13.0. The van der Waals surface area contributed by atoms with Crippen LogP contribution in [0.3, 0.4) is 0 Å². The summed E-state index contributed by atoms with van der Waals surface area (Å²) in [5, 5.41) is 4.27. The fourth-order valence-corrected chi connectivity index (χ4v) is 3.79. The normalized spacial score (nSPS) is 10.9. The van der Waals surface area contributed by atoms with E-state index in [0.29, 0.717) is 33.7 Å². The van der Waals surface area contributed by atoms with Gasteiger partial charge in [-0.15, -0.1) is 0 Å². The lowest BCUT2D eigenvalue weighted by atomic mass is 9.99. The predicted molar refractivity (Wildman–Crippen MR) is 127 cm³/mol. The fraction of sp³-hybridized carbons (Fsp3) is 0.0741. The molecule has 1 amide bonds. The summed E-state index contributed by atoms with van der Waals surface area (Å²) >= 11 is 0. The van der Waals surface area contributed by atoms with E-state index >= 15 is 0 Å². The van der Waals surface area contributed by atoms with Crippen molar-refractivity contribution >= 4 is 39.4 Å². The van der Waals surface area contributed by atoms with Crippen LogP contribution in [0, 0.1) is 6.92 Å². The zero-order valence-electron chi connectivity index (χ0n) is 17.9. The Morgan fingerprint density at radius 2 is 1.67 bits per heavy atom. The predicted octanol–water partition coefficient (Wildman–Crippen LogP) is 5.75.